The van der Waals surface area contributed by atoms with Crippen molar-refractivity contribution in [3.05, 3.63) is 52.8 Å². The molecule has 0 fully saturated rings. The average molecular weight is 280 g/mol. The van der Waals surface area contributed by atoms with Gasteiger partial charge in [0.1, 0.15) is 0 Å². The van der Waals surface area contributed by atoms with Gasteiger partial charge in [-0.15, -0.1) is 0 Å². The Hall–Kier alpha value is -0.800. The number of hydrogen-bond acceptors (Lipinski definition) is 2. The van der Waals surface area contributed by atoms with Gasteiger partial charge in [0, 0.05) is 26.7 Å². The van der Waals surface area contributed by atoms with Crippen LogP contribution in [0.2, 0.25) is 0 Å². The predicted octanol–water partition coefficient (Wildman–Crippen LogP) is 4.30. The second-order valence-corrected chi connectivity index (χ2v) is 5.20. The predicted molar refractivity (Wildman–Crippen MR) is 67.2 cm³/mol. The number of aryl methyl sites for hydroxylation is 1. The van der Waals surface area contributed by atoms with Gasteiger partial charge < -0.3 is 0 Å². The molecule has 0 aliphatic carbocycles. The minimum Gasteiger partial charge on any atom is -0.264 e. The summed E-state index contributed by atoms with van der Waals surface area (Å²) in [6.45, 7) is 2.09. The molecule has 2 rings (SSSR count). The van der Waals surface area contributed by atoms with Gasteiger partial charge in [-0.05, 0) is 42.8 Å². The van der Waals surface area contributed by atoms with E-state index < -0.39 is 0 Å². The van der Waals surface area contributed by atoms with E-state index in [1.807, 2.05) is 12.3 Å². The number of pyridine rings is 1. The fourth-order valence-corrected chi connectivity index (χ4v) is 2.37. The molecule has 0 saturated heterocycles. The minimum absolute atomic E-state index is 1.15. The molecule has 15 heavy (non-hydrogen) atoms. The summed E-state index contributed by atoms with van der Waals surface area (Å²) in [6.07, 6.45) is 3.67. The highest BCUT2D eigenvalue weighted by Crippen LogP contribution is 2.29. The molecule has 0 aliphatic heterocycles. The van der Waals surface area contributed by atoms with E-state index in [1.54, 1.807) is 18.0 Å². The normalized spacial score (nSPS) is 10.3. The lowest BCUT2D eigenvalue weighted by atomic mass is 10.2. The Morgan fingerprint density at radius 2 is 2.07 bits per heavy atom. The largest absolute Gasteiger partial charge is 0.264 e. The smallest absolute Gasteiger partial charge is 0.0407 e. The van der Waals surface area contributed by atoms with Gasteiger partial charge in [-0.1, -0.05) is 27.7 Å². The van der Waals surface area contributed by atoms with Gasteiger partial charge in [-0.3, -0.25) is 4.98 Å². The molecule has 3 heteroatoms. The monoisotopic (exact) mass is 279 g/mol. The Labute approximate surface area is 102 Å². The lowest BCUT2D eigenvalue weighted by molar-refractivity contribution is 1.23. The Bertz CT molecular complexity index is 456. The van der Waals surface area contributed by atoms with Crippen molar-refractivity contribution in [2.75, 3.05) is 0 Å². The van der Waals surface area contributed by atoms with E-state index in [0.29, 0.717) is 0 Å². The summed E-state index contributed by atoms with van der Waals surface area (Å²) < 4.78 is 1.15. The second kappa shape index (κ2) is 4.81. The number of aromatic nitrogens is 1. The van der Waals surface area contributed by atoms with Crippen molar-refractivity contribution in [3.8, 4) is 0 Å². The van der Waals surface area contributed by atoms with E-state index in [4.69, 9.17) is 0 Å². The lowest BCUT2D eigenvalue weighted by Gasteiger charge is -2.03. The summed E-state index contributed by atoms with van der Waals surface area (Å²) in [6, 6.07) is 10.4. The summed E-state index contributed by atoms with van der Waals surface area (Å²) in [4.78, 5) is 6.50. The molecule has 1 aromatic heterocycles. The Morgan fingerprint density at radius 3 is 2.73 bits per heavy atom. The van der Waals surface area contributed by atoms with Crippen molar-refractivity contribution in [1.82, 2.24) is 4.98 Å². The molecule has 2 aromatic rings. The van der Waals surface area contributed by atoms with Crippen molar-refractivity contribution in [3.63, 3.8) is 0 Å². The van der Waals surface area contributed by atoms with Crippen LogP contribution >= 0.6 is 27.7 Å². The molecule has 0 radical (unpaired) electrons. The Morgan fingerprint density at radius 1 is 1.20 bits per heavy atom. The number of nitrogens with zero attached hydrogens (tertiary/aromatic N) is 1. The highest BCUT2D eigenvalue weighted by molar-refractivity contribution is 9.10. The molecule has 0 spiro atoms. The maximum absolute atomic E-state index is 4.09. The van der Waals surface area contributed by atoms with E-state index in [2.05, 4.69) is 52.1 Å². The molecule has 0 unspecified atom stereocenters. The summed E-state index contributed by atoms with van der Waals surface area (Å²) in [7, 11) is 0. The van der Waals surface area contributed by atoms with Gasteiger partial charge in [-0.2, -0.15) is 0 Å². The van der Waals surface area contributed by atoms with Crippen molar-refractivity contribution in [1.29, 1.82) is 0 Å². The van der Waals surface area contributed by atoms with Crippen LogP contribution in [0.3, 0.4) is 0 Å². The third kappa shape index (κ3) is 2.83. The first-order valence-corrected chi connectivity index (χ1v) is 6.21. The van der Waals surface area contributed by atoms with Gasteiger partial charge in [0.25, 0.3) is 0 Å². The van der Waals surface area contributed by atoms with E-state index in [9.17, 15) is 0 Å². The third-order valence-corrected chi connectivity index (χ3v) is 3.86. The molecule has 1 heterocycles. The first-order valence-electron chi connectivity index (χ1n) is 4.60. The van der Waals surface area contributed by atoms with E-state index in [1.165, 1.54) is 15.4 Å². The summed E-state index contributed by atoms with van der Waals surface area (Å²) in [5.74, 6) is 0. The van der Waals surface area contributed by atoms with Crippen molar-refractivity contribution in [2.24, 2.45) is 0 Å². The van der Waals surface area contributed by atoms with Crippen LogP contribution < -0.4 is 0 Å². The highest BCUT2D eigenvalue weighted by Gasteiger charge is 1.99. The standard InChI is InChI=1S/C12H10BrNS/c1-9-7-10(4-5-12(9)13)15-11-3-2-6-14-8-11/h2-8H,1H3. The Balaban J connectivity index is 2.22. The van der Waals surface area contributed by atoms with Crippen LogP contribution in [0.25, 0.3) is 0 Å². The fourth-order valence-electron chi connectivity index (χ4n) is 1.22. The zero-order valence-corrected chi connectivity index (χ0v) is 10.7. The number of rotatable bonds is 2. The molecule has 1 aromatic carbocycles. The minimum atomic E-state index is 1.15. The molecule has 1 nitrogen and oxygen atoms in total. The van der Waals surface area contributed by atoms with Crippen molar-refractivity contribution < 1.29 is 0 Å². The zero-order chi connectivity index (χ0) is 10.7. The van der Waals surface area contributed by atoms with Crippen LogP contribution in [0.15, 0.2) is 57.0 Å². The maximum atomic E-state index is 4.09. The molecule has 0 bridgehead atoms. The quantitative estimate of drug-likeness (QED) is 0.813. The maximum Gasteiger partial charge on any atom is 0.0407 e. The molecule has 76 valence electrons. The molecule has 0 atom stereocenters. The van der Waals surface area contributed by atoms with E-state index >= 15 is 0 Å². The van der Waals surface area contributed by atoms with Gasteiger partial charge in [0.2, 0.25) is 0 Å². The van der Waals surface area contributed by atoms with Gasteiger partial charge >= 0.3 is 0 Å². The van der Waals surface area contributed by atoms with Gasteiger partial charge in [0.05, 0.1) is 0 Å². The van der Waals surface area contributed by atoms with Crippen LogP contribution in [-0.4, -0.2) is 4.98 Å². The number of halogens is 1. The van der Waals surface area contributed by atoms with Crippen LogP contribution in [-0.2, 0) is 0 Å². The first kappa shape index (κ1) is 10.7. The number of hydrogen-bond donors (Lipinski definition) is 0. The second-order valence-electron chi connectivity index (χ2n) is 3.20. The Kier molecular flexibility index (Phi) is 3.44. The SMILES string of the molecule is Cc1cc(Sc2cccnc2)ccc1Br. The van der Waals surface area contributed by atoms with Crippen LogP contribution in [0.5, 0.6) is 0 Å². The van der Waals surface area contributed by atoms with E-state index in [0.717, 1.165) is 4.47 Å². The third-order valence-electron chi connectivity index (χ3n) is 2.00. The molecule has 0 N–H and O–H groups in total. The van der Waals surface area contributed by atoms with E-state index in [-0.39, 0.29) is 0 Å². The summed E-state index contributed by atoms with van der Waals surface area (Å²) >= 11 is 5.22. The molecule has 0 aliphatic rings. The molecular formula is C12H10BrNS. The fraction of sp³-hybridized carbons (Fsp3) is 0.0833. The lowest BCUT2D eigenvalue weighted by Crippen LogP contribution is -1.78. The van der Waals surface area contributed by atoms with Gasteiger partial charge in [-0.25, -0.2) is 0 Å². The average Bonchev–Trinajstić information content (AvgIpc) is 2.25. The first-order chi connectivity index (χ1) is 7.25. The molecule has 0 saturated carbocycles. The summed E-state index contributed by atoms with van der Waals surface area (Å²) in [5.41, 5.74) is 1.25. The molecule has 0 amide bonds. The summed E-state index contributed by atoms with van der Waals surface area (Å²) in [5, 5.41) is 0. The topological polar surface area (TPSA) is 12.9 Å². The zero-order valence-electron chi connectivity index (χ0n) is 8.27. The van der Waals surface area contributed by atoms with Crippen LogP contribution in [0.1, 0.15) is 5.56 Å². The van der Waals surface area contributed by atoms with Crippen molar-refractivity contribution >= 4 is 27.7 Å². The number of benzene rings is 1. The van der Waals surface area contributed by atoms with Crippen molar-refractivity contribution in [2.45, 2.75) is 16.7 Å². The highest BCUT2D eigenvalue weighted by atomic mass is 79.9. The molecular weight excluding hydrogens is 270 g/mol. The van der Waals surface area contributed by atoms with Crippen LogP contribution in [0, 0.1) is 6.92 Å². The van der Waals surface area contributed by atoms with Gasteiger partial charge in [0.15, 0.2) is 0 Å². The van der Waals surface area contributed by atoms with Crippen LogP contribution in [0.4, 0.5) is 0 Å².